The fraction of sp³-hybridized carbons (Fsp3) is 0.125. The Morgan fingerprint density at radius 1 is 1.07 bits per heavy atom. The molecule has 0 bridgehead atoms. The normalized spacial score (nSPS) is 10.7. The summed E-state index contributed by atoms with van der Waals surface area (Å²) in [5.74, 6) is 0.434. The molecule has 6 nitrogen and oxygen atoms in total. The second-order valence-corrected chi connectivity index (χ2v) is 7.30. The number of hydrogen-bond donors (Lipinski definition) is 1. The average molecular weight is 396 g/mol. The Morgan fingerprint density at radius 2 is 1.77 bits per heavy atom. The molecule has 0 aliphatic carbocycles. The first-order valence-electron chi connectivity index (χ1n) is 9.48. The van der Waals surface area contributed by atoms with Gasteiger partial charge in [-0.1, -0.05) is 24.3 Å². The minimum absolute atomic E-state index is 0.0477. The van der Waals surface area contributed by atoms with Crippen molar-refractivity contribution in [2.75, 3.05) is 19.0 Å². The van der Waals surface area contributed by atoms with E-state index in [2.05, 4.69) is 11.1 Å². The quantitative estimate of drug-likeness (QED) is 0.402. The summed E-state index contributed by atoms with van der Waals surface area (Å²) < 4.78 is 1.02. The first-order chi connectivity index (χ1) is 14.5. The molecular weight excluding hydrogens is 376 g/mol. The molecule has 6 heteroatoms. The van der Waals surface area contributed by atoms with Crippen LogP contribution in [0.4, 0.5) is 5.69 Å². The number of fused-ring (bicyclic) bond motifs is 1. The number of nitriles is 1. The predicted octanol–water partition coefficient (Wildman–Crippen LogP) is 4.30. The maximum absolute atomic E-state index is 12.6. The smallest absolute Gasteiger partial charge is 0.176 e. The van der Waals surface area contributed by atoms with Crippen molar-refractivity contribution in [3.05, 3.63) is 83.4 Å². The Hall–Kier alpha value is -4.11. The van der Waals surface area contributed by atoms with E-state index in [0.29, 0.717) is 34.4 Å². The van der Waals surface area contributed by atoms with Crippen molar-refractivity contribution in [2.24, 2.45) is 0 Å². The number of nitrogens with zero attached hydrogens (tertiary/aromatic N) is 4. The largest absolute Gasteiger partial charge is 0.426 e. The highest BCUT2D eigenvalue weighted by atomic mass is 16.5. The molecule has 1 aromatic heterocycles. The van der Waals surface area contributed by atoms with Crippen molar-refractivity contribution < 1.29 is 10.0 Å². The maximum atomic E-state index is 12.6. The maximum Gasteiger partial charge on any atom is 0.176 e. The van der Waals surface area contributed by atoms with E-state index in [-0.39, 0.29) is 5.78 Å². The van der Waals surface area contributed by atoms with Gasteiger partial charge in [-0.15, -0.1) is 0 Å². The van der Waals surface area contributed by atoms with Gasteiger partial charge in [0.25, 0.3) is 0 Å². The van der Waals surface area contributed by atoms with E-state index in [1.165, 1.54) is 0 Å². The van der Waals surface area contributed by atoms with E-state index in [4.69, 9.17) is 5.26 Å². The molecule has 0 saturated carbocycles. The van der Waals surface area contributed by atoms with Crippen LogP contribution in [-0.2, 0) is 6.42 Å². The van der Waals surface area contributed by atoms with E-state index in [0.717, 1.165) is 21.5 Å². The van der Waals surface area contributed by atoms with Gasteiger partial charge < -0.3 is 10.1 Å². The fourth-order valence-electron chi connectivity index (χ4n) is 3.33. The molecule has 0 fully saturated rings. The summed E-state index contributed by atoms with van der Waals surface area (Å²) in [6.45, 7) is 0. The van der Waals surface area contributed by atoms with Gasteiger partial charge in [0.2, 0.25) is 0 Å². The van der Waals surface area contributed by atoms with E-state index in [1.807, 2.05) is 67.5 Å². The van der Waals surface area contributed by atoms with Crippen molar-refractivity contribution in [3.8, 4) is 17.5 Å². The Morgan fingerprint density at radius 3 is 2.40 bits per heavy atom. The third kappa shape index (κ3) is 3.61. The van der Waals surface area contributed by atoms with Gasteiger partial charge >= 0.3 is 0 Å². The number of carbonyl (C=O) groups is 1. The Kier molecular flexibility index (Phi) is 4.95. The second-order valence-electron chi connectivity index (χ2n) is 7.30. The van der Waals surface area contributed by atoms with Crippen LogP contribution in [0.15, 0.2) is 66.7 Å². The van der Waals surface area contributed by atoms with E-state index in [9.17, 15) is 10.0 Å². The number of aromatic nitrogens is 2. The molecule has 0 aliphatic heterocycles. The Bertz CT molecular complexity index is 1260. The minimum atomic E-state index is 0.0477. The van der Waals surface area contributed by atoms with Crippen LogP contribution in [0.1, 0.15) is 21.5 Å². The van der Waals surface area contributed by atoms with Gasteiger partial charge in [-0.3, -0.25) is 4.79 Å². The van der Waals surface area contributed by atoms with Crippen LogP contribution in [-0.4, -0.2) is 34.8 Å². The number of ketones is 1. The molecule has 0 spiro atoms. The Balaban J connectivity index is 1.54. The van der Waals surface area contributed by atoms with E-state index < -0.39 is 0 Å². The molecule has 4 aromatic rings. The van der Waals surface area contributed by atoms with Crippen LogP contribution in [0.2, 0.25) is 0 Å². The minimum Gasteiger partial charge on any atom is -0.426 e. The highest BCUT2D eigenvalue weighted by Crippen LogP contribution is 2.25. The lowest BCUT2D eigenvalue weighted by molar-refractivity contribution is 0.0993. The molecule has 148 valence electrons. The van der Waals surface area contributed by atoms with Crippen LogP contribution < -0.4 is 4.90 Å². The van der Waals surface area contributed by atoms with Crippen LogP contribution >= 0.6 is 0 Å². The molecule has 1 N–H and O–H groups in total. The molecule has 0 unspecified atom stereocenters. The number of hydrogen-bond acceptors (Lipinski definition) is 5. The predicted molar refractivity (Wildman–Crippen MR) is 116 cm³/mol. The number of carbonyl (C=O) groups excluding carboxylic acids is 1. The first-order valence-corrected chi connectivity index (χ1v) is 9.48. The summed E-state index contributed by atoms with van der Waals surface area (Å²) in [4.78, 5) is 19.0. The zero-order valence-corrected chi connectivity index (χ0v) is 16.7. The summed E-state index contributed by atoms with van der Waals surface area (Å²) in [6.07, 6.45) is 0.294. The SMILES string of the molecule is CN(C)c1ccc(C(=O)Cc2ccc(-c3nc4cc(C#N)ccc4n3O)cc2)cc1. The molecule has 0 saturated heterocycles. The van der Waals surface area contributed by atoms with Gasteiger partial charge in [0.05, 0.1) is 17.1 Å². The van der Waals surface area contributed by atoms with Crippen molar-refractivity contribution in [1.82, 2.24) is 9.71 Å². The molecule has 1 heterocycles. The number of Topliss-reactive ketones (excluding diaryl/α,β-unsaturated/α-hetero) is 1. The topological polar surface area (TPSA) is 82.2 Å². The van der Waals surface area contributed by atoms with Crippen LogP contribution in [0.3, 0.4) is 0 Å². The monoisotopic (exact) mass is 396 g/mol. The average Bonchev–Trinajstić information content (AvgIpc) is 3.10. The molecule has 4 rings (SSSR count). The number of benzene rings is 3. The van der Waals surface area contributed by atoms with Gasteiger partial charge in [0.15, 0.2) is 11.6 Å². The third-order valence-corrected chi connectivity index (χ3v) is 5.04. The molecular formula is C24H20N4O2. The van der Waals surface area contributed by atoms with E-state index >= 15 is 0 Å². The summed E-state index contributed by atoms with van der Waals surface area (Å²) >= 11 is 0. The van der Waals surface area contributed by atoms with Crippen LogP contribution in [0.25, 0.3) is 22.4 Å². The summed E-state index contributed by atoms with van der Waals surface area (Å²) in [5.41, 5.74) is 4.89. The molecule has 30 heavy (non-hydrogen) atoms. The highest BCUT2D eigenvalue weighted by Gasteiger charge is 2.13. The standard InChI is InChI=1S/C24H20N4O2/c1-27(2)20-10-8-18(9-11-20)23(29)14-16-3-6-19(7-4-16)24-26-21-13-17(15-25)5-12-22(21)28(24)30/h3-13,30H,14H2,1-2H3. The zero-order chi connectivity index (χ0) is 21.3. The molecule has 0 atom stereocenters. The highest BCUT2D eigenvalue weighted by molar-refractivity contribution is 5.97. The fourth-order valence-corrected chi connectivity index (χ4v) is 3.33. The van der Waals surface area contributed by atoms with Crippen LogP contribution in [0.5, 0.6) is 0 Å². The first kappa shape index (κ1) is 19.2. The number of rotatable bonds is 5. The zero-order valence-electron chi connectivity index (χ0n) is 16.7. The van der Waals surface area contributed by atoms with Gasteiger partial charge in [-0.05, 0) is 48.0 Å². The van der Waals surface area contributed by atoms with Gasteiger partial charge in [0.1, 0.15) is 5.52 Å². The summed E-state index contributed by atoms with van der Waals surface area (Å²) in [6, 6.07) is 21.9. The number of anilines is 1. The third-order valence-electron chi connectivity index (χ3n) is 5.04. The Labute approximate surface area is 174 Å². The summed E-state index contributed by atoms with van der Waals surface area (Å²) in [7, 11) is 3.92. The lowest BCUT2D eigenvalue weighted by Crippen LogP contribution is -2.09. The number of imidazole rings is 1. The molecule has 3 aromatic carbocycles. The lowest BCUT2D eigenvalue weighted by atomic mass is 10.0. The van der Waals surface area contributed by atoms with Crippen molar-refractivity contribution in [3.63, 3.8) is 0 Å². The van der Waals surface area contributed by atoms with Crippen molar-refractivity contribution >= 4 is 22.5 Å². The van der Waals surface area contributed by atoms with Gasteiger partial charge in [-0.2, -0.15) is 9.99 Å². The van der Waals surface area contributed by atoms with Crippen molar-refractivity contribution in [2.45, 2.75) is 6.42 Å². The van der Waals surface area contributed by atoms with Crippen molar-refractivity contribution in [1.29, 1.82) is 5.26 Å². The molecule has 0 aliphatic rings. The summed E-state index contributed by atoms with van der Waals surface area (Å²) in [5, 5.41) is 19.5. The van der Waals surface area contributed by atoms with E-state index in [1.54, 1.807) is 18.2 Å². The van der Waals surface area contributed by atoms with Gasteiger partial charge in [0, 0.05) is 37.3 Å². The van der Waals surface area contributed by atoms with Gasteiger partial charge in [-0.25, -0.2) is 4.98 Å². The lowest BCUT2D eigenvalue weighted by Gasteiger charge is -2.12. The second kappa shape index (κ2) is 7.72. The molecule has 0 amide bonds. The van der Waals surface area contributed by atoms with Crippen LogP contribution in [0, 0.1) is 11.3 Å². The molecule has 0 radical (unpaired) electrons.